The van der Waals surface area contributed by atoms with Crippen LogP contribution in [0.5, 0.6) is 0 Å². The van der Waals surface area contributed by atoms with E-state index in [0.717, 1.165) is 12.1 Å². The second-order valence-corrected chi connectivity index (χ2v) is 5.24. The van der Waals surface area contributed by atoms with Crippen molar-refractivity contribution in [1.29, 1.82) is 0 Å². The highest BCUT2D eigenvalue weighted by molar-refractivity contribution is 6.09. The molecule has 0 aliphatic carbocycles. The van der Waals surface area contributed by atoms with Gasteiger partial charge in [-0.1, -0.05) is 13.0 Å². The van der Waals surface area contributed by atoms with Crippen molar-refractivity contribution in [3.05, 3.63) is 24.3 Å². The summed E-state index contributed by atoms with van der Waals surface area (Å²) in [5.74, 6) is -0.805. The summed E-state index contributed by atoms with van der Waals surface area (Å²) >= 11 is 0. The number of amides is 2. The van der Waals surface area contributed by atoms with Crippen molar-refractivity contribution in [1.82, 2.24) is 0 Å². The van der Waals surface area contributed by atoms with Gasteiger partial charge in [0.1, 0.15) is 5.78 Å². The number of benzene rings is 1. The standard InChI is InChI=1S/C16H20N2O3/c1-3-15(20)14-8-5-9-18(16(14)21)13-7-4-6-12(10-13)17-11(2)19/h4,6-7,10,14H,3,5,8-9H2,1-2H3,(H,17,19)/t14-/m0/s1. The Hall–Kier alpha value is -2.17. The van der Waals surface area contributed by atoms with Crippen LogP contribution in [0, 0.1) is 5.92 Å². The van der Waals surface area contributed by atoms with Gasteiger partial charge in [-0.25, -0.2) is 0 Å². The van der Waals surface area contributed by atoms with Gasteiger partial charge in [-0.15, -0.1) is 0 Å². The summed E-state index contributed by atoms with van der Waals surface area (Å²) in [6.07, 6.45) is 1.83. The van der Waals surface area contributed by atoms with Crippen LogP contribution in [0.25, 0.3) is 0 Å². The normalized spacial score (nSPS) is 18.5. The average Bonchev–Trinajstić information content (AvgIpc) is 2.46. The Morgan fingerprint density at radius 3 is 2.81 bits per heavy atom. The zero-order valence-corrected chi connectivity index (χ0v) is 12.4. The molecule has 1 saturated heterocycles. The summed E-state index contributed by atoms with van der Waals surface area (Å²) in [5.41, 5.74) is 1.37. The maximum atomic E-state index is 12.5. The molecule has 21 heavy (non-hydrogen) atoms. The number of nitrogens with one attached hydrogen (secondary N) is 1. The Morgan fingerprint density at radius 2 is 2.14 bits per heavy atom. The Bertz CT molecular complexity index is 568. The third-order valence-corrected chi connectivity index (χ3v) is 3.65. The minimum absolute atomic E-state index is 0.00251. The number of nitrogens with zero attached hydrogens (tertiary/aromatic N) is 1. The van der Waals surface area contributed by atoms with E-state index in [2.05, 4.69) is 5.32 Å². The van der Waals surface area contributed by atoms with Gasteiger partial charge in [-0.2, -0.15) is 0 Å². The topological polar surface area (TPSA) is 66.5 Å². The van der Waals surface area contributed by atoms with E-state index < -0.39 is 5.92 Å². The van der Waals surface area contributed by atoms with Gasteiger partial charge in [0.15, 0.2) is 0 Å². The SMILES string of the molecule is CCC(=O)[C@@H]1CCCN(c2cccc(NC(C)=O)c2)C1=O. The molecule has 1 aromatic rings. The van der Waals surface area contributed by atoms with E-state index >= 15 is 0 Å². The number of carbonyl (C=O) groups is 3. The van der Waals surface area contributed by atoms with Crippen LogP contribution in [0.2, 0.25) is 0 Å². The molecule has 0 saturated carbocycles. The van der Waals surface area contributed by atoms with E-state index in [9.17, 15) is 14.4 Å². The zero-order chi connectivity index (χ0) is 15.4. The lowest BCUT2D eigenvalue weighted by Gasteiger charge is -2.31. The van der Waals surface area contributed by atoms with Crippen molar-refractivity contribution >= 4 is 29.0 Å². The highest BCUT2D eigenvalue weighted by Gasteiger charge is 2.33. The van der Waals surface area contributed by atoms with Crippen LogP contribution in [-0.4, -0.2) is 24.1 Å². The van der Waals surface area contributed by atoms with Crippen molar-refractivity contribution < 1.29 is 14.4 Å². The van der Waals surface area contributed by atoms with Gasteiger partial charge in [-0.05, 0) is 31.0 Å². The van der Waals surface area contributed by atoms with E-state index in [1.54, 1.807) is 30.0 Å². The zero-order valence-electron chi connectivity index (χ0n) is 12.4. The van der Waals surface area contributed by atoms with Crippen LogP contribution in [0.4, 0.5) is 11.4 Å². The number of rotatable bonds is 4. The molecule has 5 nitrogen and oxygen atoms in total. The van der Waals surface area contributed by atoms with Crippen LogP contribution in [0.15, 0.2) is 24.3 Å². The molecule has 1 aliphatic heterocycles. The first-order chi connectivity index (χ1) is 10.0. The quantitative estimate of drug-likeness (QED) is 0.865. The molecular weight excluding hydrogens is 268 g/mol. The second kappa shape index (κ2) is 6.52. The first kappa shape index (κ1) is 15.2. The van der Waals surface area contributed by atoms with E-state index in [-0.39, 0.29) is 17.6 Å². The van der Waals surface area contributed by atoms with Crippen molar-refractivity contribution in [3.63, 3.8) is 0 Å². The van der Waals surface area contributed by atoms with Crippen molar-refractivity contribution in [2.45, 2.75) is 33.1 Å². The molecule has 1 aliphatic rings. The summed E-state index contributed by atoms with van der Waals surface area (Å²) in [6.45, 7) is 3.83. The third kappa shape index (κ3) is 3.48. The summed E-state index contributed by atoms with van der Waals surface area (Å²) in [4.78, 5) is 37.1. The van der Waals surface area contributed by atoms with Gasteiger partial charge in [0.05, 0.1) is 5.92 Å². The molecule has 2 rings (SSSR count). The predicted molar refractivity (Wildman–Crippen MR) is 81.1 cm³/mol. The summed E-state index contributed by atoms with van der Waals surface area (Å²) < 4.78 is 0. The number of hydrogen-bond acceptors (Lipinski definition) is 3. The maximum absolute atomic E-state index is 12.5. The summed E-state index contributed by atoms with van der Waals surface area (Å²) in [5, 5.41) is 2.70. The number of ketones is 1. The molecule has 0 radical (unpaired) electrons. The third-order valence-electron chi connectivity index (χ3n) is 3.65. The predicted octanol–water partition coefficient (Wildman–Crippen LogP) is 2.37. The molecular formula is C16H20N2O3. The smallest absolute Gasteiger partial charge is 0.237 e. The van der Waals surface area contributed by atoms with Gasteiger partial charge >= 0.3 is 0 Å². The van der Waals surface area contributed by atoms with Crippen LogP contribution in [-0.2, 0) is 14.4 Å². The Kier molecular flexibility index (Phi) is 4.73. The highest BCUT2D eigenvalue weighted by Crippen LogP contribution is 2.27. The van der Waals surface area contributed by atoms with E-state index in [0.29, 0.717) is 25.1 Å². The maximum Gasteiger partial charge on any atom is 0.237 e. The fraction of sp³-hybridized carbons (Fsp3) is 0.438. The van der Waals surface area contributed by atoms with Gasteiger partial charge < -0.3 is 10.2 Å². The van der Waals surface area contributed by atoms with Crippen molar-refractivity contribution in [3.8, 4) is 0 Å². The monoisotopic (exact) mass is 288 g/mol. The first-order valence-corrected chi connectivity index (χ1v) is 7.24. The lowest BCUT2D eigenvalue weighted by atomic mass is 9.91. The van der Waals surface area contributed by atoms with Gasteiger partial charge in [0, 0.05) is 31.3 Å². The second-order valence-electron chi connectivity index (χ2n) is 5.24. The van der Waals surface area contributed by atoms with E-state index in [4.69, 9.17) is 0 Å². The first-order valence-electron chi connectivity index (χ1n) is 7.24. The highest BCUT2D eigenvalue weighted by atomic mass is 16.2. The molecule has 1 aromatic carbocycles. The number of hydrogen-bond donors (Lipinski definition) is 1. The van der Waals surface area contributed by atoms with Crippen molar-refractivity contribution in [2.24, 2.45) is 5.92 Å². The molecule has 1 fully saturated rings. The molecule has 0 aromatic heterocycles. The molecule has 5 heteroatoms. The molecule has 0 bridgehead atoms. The number of carbonyl (C=O) groups excluding carboxylic acids is 3. The molecule has 1 atom stereocenters. The molecule has 0 unspecified atom stereocenters. The lowest BCUT2D eigenvalue weighted by molar-refractivity contribution is -0.133. The average molecular weight is 288 g/mol. The van der Waals surface area contributed by atoms with Crippen LogP contribution in [0.1, 0.15) is 33.1 Å². The largest absolute Gasteiger partial charge is 0.326 e. The fourth-order valence-corrected chi connectivity index (χ4v) is 2.63. The summed E-state index contributed by atoms with van der Waals surface area (Å²) in [6, 6.07) is 7.15. The van der Waals surface area contributed by atoms with Crippen LogP contribution >= 0.6 is 0 Å². The Labute approximate surface area is 124 Å². The Balaban J connectivity index is 2.22. The molecule has 0 spiro atoms. The molecule has 1 heterocycles. The van der Waals surface area contributed by atoms with Gasteiger partial charge in [0.25, 0.3) is 0 Å². The van der Waals surface area contributed by atoms with Crippen molar-refractivity contribution in [2.75, 3.05) is 16.8 Å². The lowest BCUT2D eigenvalue weighted by Crippen LogP contribution is -2.44. The Morgan fingerprint density at radius 1 is 1.38 bits per heavy atom. The molecule has 112 valence electrons. The number of piperidine rings is 1. The number of anilines is 2. The molecule has 2 amide bonds. The minimum atomic E-state index is -0.520. The van der Waals surface area contributed by atoms with E-state index in [1.165, 1.54) is 6.92 Å². The van der Waals surface area contributed by atoms with Gasteiger partial charge in [0.2, 0.25) is 11.8 Å². The number of Topliss-reactive ketones (excluding diaryl/α,β-unsaturated/α-hetero) is 1. The molecule has 1 N–H and O–H groups in total. The van der Waals surface area contributed by atoms with Crippen LogP contribution in [0.3, 0.4) is 0 Å². The van der Waals surface area contributed by atoms with E-state index in [1.807, 2.05) is 6.07 Å². The fourth-order valence-electron chi connectivity index (χ4n) is 2.63. The minimum Gasteiger partial charge on any atom is -0.326 e. The van der Waals surface area contributed by atoms with Gasteiger partial charge in [-0.3, -0.25) is 14.4 Å². The summed E-state index contributed by atoms with van der Waals surface area (Å²) in [7, 11) is 0. The van der Waals surface area contributed by atoms with Crippen LogP contribution < -0.4 is 10.2 Å².